The fourth-order valence-electron chi connectivity index (χ4n) is 3.07. The summed E-state index contributed by atoms with van der Waals surface area (Å²) < 4.78 is 5.91. The zero-order valence-electron chi connectivity index (χ0n) is 14.9. The Morgan fingerprint density at radius 2 is 1.67 bits per heavy atom. The summed E-state index contributed by atoms with van der Waals surface area (Å²) in [6, 6.07) is 14.5. The Kier molecular flexibility index (Phi) is 8.18. The van der Waals surface area contributed by atoms with Crippen molar-refractivity contribution in [2.75, 3.05) is 6.61 Å². The van der Waals surface area contributed by atoms with E-state index in [0.29, 0.717) is 6.42 Å². The number of rotatable bonds is 11. The third-order valence-corrected chi connectivity index (χ3v) is 4.48. The van der Waals surface area contributed by atoms with E-state index in [2.05, 4.69) is 31.2 Å². The second kappa shape index (κ2) is 10.7. The molecule has 2 aromatic rings. The predicted octanol–water partition coefficient (Wildman–Crippen LogP) is 6.43. The summed E-state index contributed by atoms with van der Waals surface area (Å²) in [5, 5.41) is 11.3. The van der Waals surface area contributed by atoms with E-state index in [9.17, 15) is 0 Å². The molecule has 0 saturated carbocycles. The summed E-state index contributed by atoms with van der Waals surface area (Å²) in [6.45, 7) is 3.04. The molecule has 0 spiro atoms. The van der Waals surface area contributed by atoms with Crippen molar-refractivity contribution in [1.82, 2.24) is 0 Å². The van der Waals surface area contributed by atoms with Gasteiger partial charge in [-0.1, -0.05) is 76.1 Å². The molecule has 2 heteroatoms. The molecule has 128 valence electrons. The van der Waals surface area contributed by atoms with Crippen LogP contribution in [-0.2, 0) is 6.42 Å². The number of nitriles is 1. The first-order valence-corrected chi connectivity index (χ1v) is 9.36. The van der Waals surface area contributed by atoms with Crippen LogP contribution in [0.2, 0.25) is 0 Å². The lowest BCUT2D eigenvalue weighted by Crippen LogP contribution is -1.97. The smallest absolute Gasteiger partial charge is 0.119 e. The molecule has 0 aliphatic heterocycles. The second-order valence-corrected chi connectivity index (χ2v) is 6.46. The number of ether oxygens (including phenoxy) is 1. The highest BCUT2D eigenvalue weighted by molar-refractivity contribution is 5.87. The van der Waals surface area contributed by atoms with Gasteiger partial charge in [0.15, 0.2) is 0 Å². The van der Waals surface area contributed by atoms with Gasteiger partial charge in [-0.15, -0.1) is 0 Å². The summed E-state index contributed by atoms with van der Waals surface area (Å²) >= 11 is 0. The van der Waals surface area contributed by atoms with Crippen LogP contribution in [0.3, 0.4) is 0 Å². The lowest BCUT2D eigenvalue weighted by atomic mass is 10.0. The van der Waals surface area contributed by atoms with Gasteiger partial charge >= 0.3 is 0 Å². The summed E-state index contributed by atoms with van der Waals surface area (Å²) in [6.07, 6.45) is 10.9. The average molecular weight is 323 g/mol. The highest BCUT2D eigenvalue weighted by Crippen LogP contribution is 2.24. The highest BCUT2D eigenvalue weighted by Gasteiger charge is 2.03. The van der Waals surface area contributed by atoms with Crippen molar-refractivity contribution in [3.8, 4) is 11.8 Å². The van der Waals surface area contributed by atoms with Crippen LogP contribution in [0.15, 0.2) is 36.4 Å². The Balaban J connectivity index is 1.75. The minimum atomic E-state index is 0.443. The van der Waals surface area contributed by atoms with E-state index in [4.69, 9.17) is 10.00 Å². The molecule has 2 rings (SSSR count). The fraction of sp³-hybridized carbons (Fsp3) is 0.500. The van der Waals surface area contributed by atoms with Gasteiger partial charge in [-0.2, -0.15) is 5.26 Å². The summed E-state index contributed by atoms with van der Waals surface area (Å²) in [7, 11) is 0. The minimum absolute atomic E-state index is 0.443. The molecule has 0 unspecified atom stereocenters. The Hall–Kier alpha value is -2.01. The van der Waals surface area contributed by atoms with Gasteiger partial charge in [-0.25, -0.2) is 0 Å². The van der Waals surface area contributed by atoms with E-state index in [-0.39, 0.29) is 0 Å². The fourth-order valence-corrected chi connectivity index (χ4v) is 3.07. The van der Waals surface area contributed by atoms with E-state index >= 15 is 0 Å². The molecule has 0 saturated heterocycles. The van der Waals surface area contributed by atoms with E-state index in [1.165, 1.54) is 50.3 Å². The summed E-state index contributed by atoms with van der Waals surface area (Å²) in [5.74, 6) is 0.913. The molecule has 0 amide bonds. The number of unbranched alkanes of at least 4 members (excludes halogenated alkanes) is 7. The van der Waals surface area contributed by atoms with Gasteiger partial charge in [0.25, 0.3) is 0 Å². The molecular formula is C22H29NO. The first-order chi connectivity index (χ1) is 11.8. The Labute approximate surface area is 146 Å². The van der Waals surface area contributed by atoms with Crippen LogP contribution in [-0.4, -0.2) is 6.61 Å². The average Bonchev–Trinajstić information content (AvgIpc) is 2.61. The largest absolute Gasteiger partial charge is 0.494 e. The molecule has 0 aliphatic carbocycles. The quantitative estimate of drug-likeness (QED) is 0.447. The third kappa shape index (κ3) is 5.89. The lowest BCUT2D eigenvalue weighted by molar-refractivity contribution is 0.304. The SMILES string of the molecule is CCCCCCCCCCOc1ccc2cccc(CC#N)c2c1. The third-order valence-electron chi connectivity index (χ3n) is 4.48. The van der Waals surface area contributed by atoms with Crippen molar-refractivity contribution in [1.29, 1.82) is 5.26 Å². The monoisotopic (exact) mass is 323 g/mol. The number of hydrogen-bond acceptors (Lipinski definition) is 2. The van der Waals surface area contributed by atoms with E-state index in [1.807, 2.05) is 18.2 Å². The zero-order valence-corrected chi connectivity index (χ0v) is 14.9. The molecule has 0 radical (unpaired) electrons. The van der Waals surface area contributed by atoms with Gasteiger partial charge in [0, 0.05) is 0 Å². The maximum absolute atomic E-state index is 8.96. The van der Waals surface area contributed by atoms with Crippen molar-refractivity contribution in [2.24, 2.45) is 0 Å². The molecule has 0 heterocycles. The normalized spacial score (nSPS) is 10.7. The number of fused-ring (bicyclic) bond motifs is 1. The Morgan fingerprint density at radius 1 is 0.917 bits per heavy atom. The summed E-state index contributed by atoms with van der Waals surface area (Å²) in [5.41, 5.74) is 1.08. The van der Waals surface area contributed by atoms with Gasteiger partial charge in [-0.3, -0.25) is 0 Å². The van der Waals surface area contributed by atoms with Crippen molar-refractivity contribution >= 4 is 10.8 Å². The van der Waals surface area contributed by atoms with Gasteiger partial charge in [0.05, 0.1) is 19.1 Å². The molecule has 0 aromatic heterocycles. The Bertz CT molecular complexity index is 657. The van der Waals surface area contributed by atoms with Gasteiger partial charge in [-0.05, 0) is 34.9 Å². The van der Waals surface area contributed by atoms with Crippen LogP contribution < -0.4 is 4.74 Å². The number of benzene rings is 2. The second-order valence-electron chi connectivity index (χ2n) is 6.46. The molecule has 2 nitrogen and oxygen atoms in total. The van der Waals surface area contributed by atoms with E-state index < -0.39 is 0 Å². The minimum Gasteiger partial charge on any atom is -0.494 e. The lowest BCUT2D eigenvalue weighted by Gasteiger charge is -2.09. The van der Waals surface area contributed by atoms with Crippen molar-refractivity contribution in [3.63, 3.8) is 0 Å². The maximum atomic E-state index is 8.96. The van der Waals surface area contributed by atoms with Crippen molar-refractivity contribution < 1.29 is 4.74 Å². The molecule has 0 fully saturated rings. The predicted molar refractivity (Wildman–Crippen MR) is 101 cm³/mol. The molecule has 0 bridgehead atoms. The molecular weight excluding hydrogens is 294 g/mol. The molecule has 2 aromatic carbocycles. The van der Waals surface area contributed by atoms with Crippen LogP contribution in [0.25, 0.3) is 10.8 Å². The first kappa shape index (κ1) is 18.3. The van der Waals surface area contributed by atoms with Crippen molar-refractivity contribution in [2.45, 2.75) is 64.7 Å². The van der Waals surface area contributed by atoms with E-state index in [0.717, 1.165) is 29.7 Å². The van der Waals surface area contributed by atoms with Crippen LogP contribution >= 0.6 is 0 Å². The molecule has 0 N–H and O–H groups in total. The molecule has 0 atom stereocenters. The topological polar surface area (TPSA) is 33.0 Å². The Morgan fingerprint density at radius 3 is 2.42 bits per heavy atom. The number of hydrogen-bond donors (Lipinski definition) is 0. The molecule has 0 aliphatic rings. The standard InChI is InChI=1S/C22H29NO/c1-2-3-4-5-6-7-8-9-17-24-21-14-13-19-11-10-12-20(15-16-23)22(19)18-21/h10-14,18H,2-9,15,17H2,1H3. The van der Waals surface area contributed by atoms with Crippen LogP contribution in [0.5, 0.6) is 5.75 Å². The van der Waals surface area contributed by atoms with Crippen molar-refractivity contribution in [3.05, 3.63) is 42.0 Å². The molecule has 24 heavy (non-hydrogen) atoms. The highest BCUT2D eigenvalue weighted by atomic mass is 16.5. The summed E-state index contributed by atoms with van der Waals surface area (Å²) in [4.78, 5) is 0. The van der Waals surface area contributed by atoms with Crippen LogP contribution in [0.1, 0.15) is 63.9 Å². The maximum Gasteiger partial charge on any atom is 0.119 e. The van der Waals surface area contributed by atoms with Gasteiger partial charge < -0.3 is 4.74 Å². The van der Waals surface area contributed by atoms with Gasteiger partial charge in [0.1, 0.15) is 5.75 Å². The first-order valence-electron chi connectivity index (χ1n) is 9.36. The van der Waals surface area contributed by atoms with Gasteiger partial charge in [0.2, 0.25) is 0 Å². The van der Waals surface area contributed by atoms with Crippen LogP contribution in [0.4, 0.5) is 0 Å². The zero-order chi connectivity index (χ0) is 17.0. The van der Waals surface area contributed by atoms with E-state index in [1.54, 1.807) is 0 Å². The number of nitrogens with zero attached hydrogens (tertiary/aromatic N) is 1. The van der Waals surface area contributed by atoms with Crippen LogP contribution in [0, 0.1) is 11.3 Å².